The van der Waals surface area contributed by atoms with Crippen molar-refractivity contribution in [1.82, 2.24) is 9.97 Å². The smallest absolute Gasteiger partial charge is 0.175 e. The summed E-state index contributed by atoms with van der Waals surface area (Å²) in [6.45, 7) is 1.94. The molecule has 4 N–H and O–H groups in total. The van der Waals surface area contributed by atoms with Gasteiger partial charge in [-0.3, -0.25) is 0 Å². The molecule has 7 nitrogen and oxygen atoms in total. The van der Waals surface area contributed by atoms with E-state index >= 15 is 0 Å². The largest absolute Gasteiger partial charge is 0.450 e. The molecule has 0 saturated heterocycles. The van der Waals surface area contributed by atoms with E-state index in [1.165, 1.54) is 12.3 Å². The maximum Gasteiger partial charge on any atom is 0.175 e. The molecule has 1 aromatic carbocycles. The number of amidine groups is 1. The van der Waals surface area contributed by atoms with Gasteiger partial charge in [0.05, 0.1) is 0 Å². The molecule has 0 spiro atoms. The monoisotopic (exact) mass is 385 g/mol. The number of pyridine rings is 2. The maximum absolute atomic E-state index is 14.0. The number of anilines is 2. The molecule has 0 saturated carbocycles. The van der Waals surface area contributed by atoms with E-state index in [-0.39, 0.29) is 17.3 Å². The SMILES string of the molecule is CCc1cnc(Nc2ccc(/C(N)=N/O)cn2)c(Oc2ccc(F)cc2F)c1. The Balaban J connectivity index is 1.90. The molecular weight excluding hydrogens is 368 g/mol. The molecule has 28 heavy (non-hydrogen) atoms. The van der Waals surface area contributed by atoms with Gasteiger partial charge in [0.1, 0.15) is 11.6 Å². The number of rotatable bonds is 6. The van der Waals surface area contributed by atoms with E-state index in [2.05, 4.69) is 20.4 Å². The third-order valence-electron chi connectivity index (χ3n) is 3.84. The summed E-state index contributed by atoms with van der Waals surface area (Å²) < 4.78 is 32.7. The van der Waals surface area contributed by atoms with E-state index < -0.39 is 11.6 Å². The van der Waals surface area contributed by atoms with Gasteiger partial charge in [0.2, 0.25) is 0 Å². The van der Waals surface area contributed by atoms with Gasteiger partial charge in [0.25, 0.3) is 0 Å². The van der Waals surface area contributed by atoms with Crippen LogP contribution in [0.5, 0.6) is 11.5 Å². The number of halogens is 2. The molecule has 2 aromatic heterocycles. The number of benzene rings is 1. The van der Waals surface area contributed by atoms with Crippen LogP contribution in [0.25, 0.3) is 0 Å². The molecule has 3 rings (SSSR count). The van der Waals surface area contributed by atoms with E-state index in [1.54, 1.807) is 24.4 Å². The fraction of sp³-hybridized carbons (Fsp3) is 0.105. The number of nitrogens with two attached hydrogens (primary N) is 1. The van der Waals surface area contributed by atoms with Crippen LogP contribution < -0.4 is 15.8 Å². The highest BCUT2D eigenvalue weighted by atomic mass is 19.1. The zero-order valence-corrected chi connectivity index (χ0v) is 14.9. The molecule has 144 valence electrons. The standard InChI is InChI=1S/C19H17F2N5O2/c1-2-11-7-16(28-15-5-4-13(20)8-14(15)21)19(24-9-11)25-17-6-3-12(10-23-17)18(22)26-27/h3-10,27H,2H2,1H3,(H2,22,26)(H,23,24,25). The Bertz CT molecular complexity index is 1010. The van der Waals surface area contributed by atoms with E-state index in [9.17, 15) is 8.78 Å². The summed E-state index contributed by atoms with van der Waals surface area (Å²) in [5, 5.41) is 14.6. The van der Waals surface area contributed by atoms with Crippen molar-refractivity contribution in [1.29, 1.82) is 0 Å². The van der Waals surface area contributed by atoms with Crippen LogP contribution in [0.15, 0.2) is 53.9 Å². The highest BCUT2D eigenvalue weighted by Crippen LogP contribution is 2.32. The number of hydrogen-bond acceptors (Lipinski definition) is 6. The molecule has 2 heterocycles. The van der Waals surface area contributed by atoms with Gasteiger partial charge in [-0.1, -0.05) is 12.1 Å². The van der Waals surface area contributed by atoms with Gasteiger partial charge in [-0.2, -0.15) is 0 Å². The molecule has 0 aliphatic rings. The Morgan fingerprint density at radius 1 is 1.14 bits per heavy atom. The van der Waals surface area contributed by atoms with Crippen molar-refractivity contribution in [3.8, 4) is 11.5 Å². The Kier molecular flexibility index (Phi) is 5.64. The molecule has 0 radical (unpaired) electrons. The van der Waals surface area contributed by atoms with Crippen molar-refractivity contribution in [2.75, 3.05) is 5.32 Å². The number of aromatic nitrogens is 2. The minimum Gasteiger partial charge on any atom is -0.450 e. The van der Waals surface area contributed by atoms with Gasteiger partial charge in [-0.15, -0.1) is 0 Å². The van der Waals surface area contributed by atoms with Gasteiger partial charge in [0, 0.05) is 24.0 Å². The van der Waals surface area contributed by atoms with Gasteiger partial charge in [-0.25, -0.2) is 18.7 Å². The lowest BCUT2D eigenvalue weighted by Gasteiger charge is -2.13. The molecule has 0 atom stereocenters. The second kappa shape index (κ2) is 8.30. The van der Waals surface area contributed by atoms with Crippen molar-refractivity contribution in [2.24, 2.45) is 10.9 Å². The van der Waals surface area contributed by atoms with Crippen LogP contribution in [-0.4, -0.2) is 21.0 Å². The molecule has 9 heteroatoms. The minimum atomic E-state index is -0.825. The second-order valence-corrected chi connectivity index (χ2v) is 5.76. The van der Waals surface area contributed by atoms with Crippen LogP contribution >= 0.6 is 0 Å². The molecule has 0 aliphatic heterocycles. The first-order valence-electron chi connectivity index (χ1n) is 8.33. The van der Waals surface area contributed by atoms with E-state index in [1.807, 2.05) is 6.92 Å². The average molecular weight is 385 g/mol. The summed E-state index contributed by atoms with van der Waals surface area (Å²) in [7, 11) is 0. The quantitative estimate of drug-likeness (QED) is 0.257. The first-order valence-corrected chi connectivity index (χ1v) is 8.33. The first kappa shape index (κ1) is 19.0. The topological polar surface area (TPSA) is 106 Å². The van der Waals surface area contributed by atoms with Crippen molar-refractivity contribution >= 4 is 17.5 Å². The van der Waals surface area contributed by atoms with Crippen LogP contribution in [0.3, 0.4) is 0 Å². The number of nitrogens with zero attached hydrogens (tertiary/aromatic N) is 3. The number of ether oxygens (including phenoxy) is 1. The van der Waals surface area contributed by atoms with Gasteiger partial charge >= 0.3 is 0 Å². The first-order chi connectivity index (χ1) is 13.5. The minimum absolute atomic E-state index is 0.0692. The average Bonchev–Trinajstić information content (AvgIpc) is 2.71. The number of aryl methyl sites for hydroxylation is 1. The highest BCUT2D eigenvalue weighted by Gasteiger charge is 2.13. The van der Waals surface area contributed by atoms with Crippen molar-refractivity contribution in [2.45, 2.75) is 13.3 Å². The predicted octanol–water partition coefficient (Wildman–Crippen LogP) is 3.95. The zero-order valence-electron chi connectivity index (χ0n) is 14.9. The maximum atomic E-state index is 14.0. The second-order valence-electron chi connectivity index (χ2n) is 5.76. The van der Waals surface area contributed by atoms with Crippen molar-refractivity contribution in [3.63, 3.8) is 0 Å². The number of hydrogen-bond donors (Lipinski definition) is 3. The molecule has 0 amide bonds. The third-order valence-corrected chi connectivity index (χ3v) is 3.84. The van der Waals surface area contributed by atoms with Crippen LogP contribution in [-0.2, 0) is 6.42 Å². The van der Waals surface area contributed by atoms with Crippen LogP contribution in [0.2, 0.25) is 0 Å². The molecule has 3 aromatic rings. The molecule has 0 fully saturated rings. The summed E-state index contributed by atoms with van der Waals surface area (Å²) >= 11 is 0. The number of nitrogens with one attached hydrogen (secondary N) is 1. The predicted molar refractivity (Wildman–Crippen MR) is 100 cm³/mol. The Labute approximate surface area is 159 Å². The van der Waals surface area contributed by atoms with E-state index in [0.29, 0.717) is 23.6 Å². The summed E-state index contributed by atoms with van der Waals surface area (Å²) in [4.78, 5) is 8.46. The molecule has 0 unspecified atom stereocenters. The Morgan fingerprint density at radius 3 is 2.61 bits per heavy atom. The van der Waals surface area contributed by atoms with Crippen molar-refractivity contribution < 1.29 is 18.7 Å². The normalized spacial score (nSPS) is 11.3. The van der Waals surface area contributed by atoms with Crippen molar-refractivity contribution in [3.05, 3.63) is 71.6 Å². The Morgan fingerprint density at radius 2 is 1.96 bits per heavy atom. The van der Waals surface area contributed by atoms with Gasteiger partial charge in [0.15, 0.2) is 29.0 Å². The summed E-state index contributed by atoms with van der Waals surface area (Å²) in [5.74, 6) is -0.754. The van der Waals surface area contributed by atoms with Crippen LogP contribution in [0.4, 0.5) is 20.4 Å². The summed E-state index contributed by atoms with van der Waals surface area (Å²) in [5.41, 5.74) is 6.82. The zero-order chi connectivity index (χ0) is 20.1. The lowest BCUT2D eigenvalue weighted by Crippen LogP contribution is -2.13. The summed E-state index contributed by atoms with van der Waals surface area (Å²) in [6.07, 6.45) is 3.77. The summed E-state index contributed by atoms with van der Waals surface area (Å²) in [6, 6.07) is 7.97. The van der Waals surface area contributed by atoms with Crippen LogP contribution in [0.1, 0.15) is 18.1 Å². The fourth-order valence-corrected chi connectivity index (χ4v) is 2.32. The highest BCUT2D eigenvalue weighted by molar-refractivity contribution is 5.96. The van der Waals surface area contributed by atoms with Gasteiger partial charge in [-0.05, 0) is 42.3 Å². The molecular formula is C19H17F2N5O2. The molecule has 0 aliphatic carbocycles. The third kappa shape index (κ3) is 4.32. The van der Waals surface area contributed by atoms with Gasteiger partial charge < -0.3 is 21.0 Å². The Hall–Kier alpha value is -3.75. The van der Waals surface area contributed by atoms with E-state index in [0.717, 1.165) is 17.7 Å². The lowest BCUT2D eigenvalue weighted by molar-refractivity contribution is 0.318. The molecule has 0 bridgehead atoms. The fourth-order valence-electron chi connectivity index (χ4n) is 2.32. The van der Waals surface area contributed by atoms with E-state index in [4.69, 9.17) is 15.7 Å². The number of oxime groups is 1. The van der Waals surface area contributed by atoms with Crippen LogP contribution in [0, 0.1) is 11.6 Å². The lowest BCUT2D eigenvalue weighted by atomic mass is 10.2.